The highest BCUT2D eigenvalue weighted by Gasteiger charge is 2.25. The maximum atomic E-state index is 12.3. The summed E-state index contributed by atoms with van der Waals surface area (Å²) in [7, 11) is 0. The van der Waals surface area contributed by atoms with Gasteiger partial charge in [0.25, 0.3) is 0 Å². The predicted octanol–water partition coefficient (Wildman–Crippen LogP) is 3.37. The summed E-state index contributed by atoms with van der Waals surface area (Å²) < 4.78 is 5.22. The van der Waals surface area contributed by atoms with Gasteiger partial charge < -0.3 is 14.5 Å². The second-order valence-corrected chi connectivity index (χ2v) is 7.57. The zero-order valence-corrected chi connectivity index (χ0v) is 15.6. The molecule has 132 valence electrons. The molecule has 2 rings (SSSR count). The Balaban J connectivity index is 1.72. The van der Waals surface area contributed by atoms with Crippen LogP contribution in [0.2, 0.25) is 5.02 Å². The van der Waals surface area contributed by atoms with Gasteiger partial charge in [-0.25, -0.2) is 4.79 Å². The maximum absolute atomic E-state index is 12.3. The number of benzene rings is 1. The monoisotopic (exact) mass is 370 g/mol. The third-order valence-corrected chi connectivity index (χ3v) is 4.86. The molecule has 0 bridgehead atoms. The highest BCUT2D eigenvalue weighted by Crippen LogP contribution is 2.21. The van der Waals surface area contributed by atoms with Gasteiger partial charge in [-0.1, -0.05) is 25.4 Å². The van der Waals surface area contributed by atoms with E-state index in [0.29, 0.717) is 49.5 Å². The van der Waals surface area contributed by atoms with E-state index in [2.05, 4.69) is 0 Å². The Bertz CT molecular complexity index is 557. The van der Waals surface area contributed by atoms with Gasteiger partial charge in [0, 0.05) is 36.1 Å². The smallest absolute Gasteiger partial charge is 0.409 e. The van der Waals surface area contributed by atoms with Crippen LogP contribution in [0.5, 0.6) is 0 Å². The molecule has 0 spiro atoms. The molecule has 1 fully saturated rings. The van der Waals surface area contributed by atoms with Gasteiger partial charge in [0.1, 0.15) is 0 Å². The number of carbonyl (C=O) groups is 2. The lowest BCUT2D eigenvalue weighted by Gasteiger charge is -2.34. The molecule has 1 aromatic rings. The zero-order chi connectivity index (χ0) is 17.5. The van der Waals surface area contributed by atoms with Crippen LogP contribution < -0.4 is 0 Å². The van der Waals surface area contributed by atoms with Gasteiger partial charge in [0.2, 0.25) is 5.91 Å². The molecule has 1 aromatic carbocycles. The molecule has 7 heteroatoms. The van der Waals surface area contributed by atoms with Crippen molar-refractivity contribution in [2.45, 2.75) is 18.7 Å². The van der Waals surface area contributed by atoms with E-state index in [1.165, 1.54) is 11.8 Å². The van der Waals surface area contributed by atoms with E-state index < -0.39 is 0 Å². The Hall–Kier alpha value is -1.40. The van der Waals surface area contributed by atoms with Gasteiger partial charge >= 0.3 is 6.09 Å². The normalized spacial score (nSPS) is 14.8. The molecule has 1 aliphatic heterocycles. The second-order valence-electron chi connectivity index (χ2n) is 6.08. The quantitative estimate of drug-likeness (QED) is 0.745. The average Bonchev–Trinajstić information content (AvgIpc) is 2.59. The van der Waals surface area contributed by atoms with Gasteiger partial charge in [0.15, 0.2) is 0 Å². The minimum Gasteiger partial charge on any atom is -0.449 e. The zero-order valence-electron chi connectivity index (χ0n) is 14.0. The SMILES string of the molecule is CC(C)COC(=O)N1CCN(C(=O)CSc2ccc(Cl)cc2)CC1. The molecule has 0 atom stereocenters. The van der Waals surface area contributed by atoms with E-state index in [4.69, 9.17) is 16.3 Å². The molecule has 1 aliphatic rings. The summed E-state index contributed by atoms with van der Waals surface area (Å²) in [5, 5.41) is 0.686. The minimum atomic E-state index is -0.286. The first-order chi connectivity index (χ1) is 11.5. The maximum Gasteiger partial charge on any atom is 0.409 e. The summed E-state index contributed by atoms with van der Waals surface area (Å²) in [5.74, 6) is 0.797. The second kappa shape index (κ2) is 9.18. The topological polar surface area (TPSA) is 49.9 Å². The van der Waals surface area contributed by atoms with Crippen LogP contribution in [0.1, 0.15) is 13.8 Å². The number of hydrogen-bond acceptors (Lipinski definition) is 4. The number of hydrogen-bond donors (Lipinski definition) is 0. The van der Waals surface area contributed by atoms with E-state index >= 15 is 0 Å². The van der Waals surface area contributed by atoms with Gasteiger partial charge in [-0.3, -0.25) is 4.79 Å². The fraction of sp³-hybridized carbons (Fsp3) is 0.529. The molecule has 1 saturated heterocycles. The number of carbonyl (C=O) groups excluding carboxylic acids is 2. The number of nitrogens with zero attached hydrogens (tertiary/aromatic N) is 2. The lowest BCUT2D eigenvalue weighted by atomic mass is 10.2. The molecule has 1 heterocycles. The molecule has 5 nitrogen and oxygen atoms in total. The molecule has 0 N–H and O–H groups in total. The fourth-order valence-corrected chi connectivity index (χ4v) is 3.16. The third-order valence-electron chi connectivity index (χ3n) is 3.61. The van der Waals surface area contributed by atoms with Crippen LogP contribution in [0.4, 0.5) is 4.79 Å². The number of thioether (sulfide) groups is 1. The molecule has 0 radical (unpaired) electrons. The summed E-state index contributed by atoms with van der Waals surface area (Å²) >= 11 is 7.34. The fourth-order valence-electron chi connectivity index (χ4n) is 2.23. The van der Waals surface area contributed by atoms with Gasteiger partial charge in [-0.15, -0.1) is 11.8 Å². The number of halogens is 1. The Morgan fingerprint density at radius 2 is 1.71 bits per heavy atom. The van der Waals surface area contributed by atoms with Crippen molar-refractivity contribution in [1.29, 1.82) is 0 Å². The molecule has 0 aromatic heterocycles. The van der Waals surface area contributed by atoms with E-state index in [0.717, 1.165) is 4.90 Å². The lowest BCUT2D eigenvalue weighted by Crippen LogP contribution is -2.51. The van der Waals surface area contributed by atoms with Crippen molar-refractivity contribution in [2.24, 2.45) is 5.92 Å². The van der Waals surface area contributed by atoms with Crippen LogP contribution in [-0.2, 0) is 9.53 Å². The van der Waals surface area contributed by atoms with Crippen molar-refractivity contribution in [3.05, 3.63) is 29.3 Å². The summed E-state index contributed by atoms with van der Waals surface area (Å²) in [6.45, 7) is 6.58. The van der Waals surface area contributed by atoms with Crippen molar-refractivity contribution >= 4 is 35.4 Å². The Morgan fingerprint density at radius 1 is 1.12 bits per heavy atom. The standard InChI is InChI=1S/C17H23ClN2O3S/c1-13(2)11-23-17(22)20-9-7-19(8-10-20)16(21)12-24-15-5-3-14(18)4-6-15/h3-6,13H,7-12H2,1-2H3. The van der Waals surface area contributed by atoms with Crippen molar-refractivity contribution in [3.8, 4) is 0 Å². The number of piperazine rings is 1. The van der Waals surface area contributed by atoms with Crippen LogP contribution >= 0.6 is 23.4 Å². The molecular formula is C17H23ClN2O3S. The first-order valence-electron chi connectivity index (χ1n) is 8.03. The van der Waals surface area contributed by atoms with Crippen LogP contribution in [0.15, 0.2) is 29.2 Å². The summed E-state index contributed by atoms with van der Waals surface area (Å²) in [5.41, 5.74) is 0. The predicted molar refractivity (Wildman–Crippen MR) is 96.5 cm³/mol. The number of amides is 2. The lowest BCUT2D eigenvalue weighted by molar-refractivity contribution is -0.129. The molecule has 0 saturated carbocycles. The van der Waals surface area contributed by atoms with E-state index in [1.54, 1.807) is 9.80 Å². The summed E-state index contributed by atoms with van der Waals surface area (Å²) in [6, 6.07) is 7.44. The van der Waals surface area contributed by atoms with Crippen LogP contribution in [-0.4, -0.2) is 60.3 Å². The molecule has 2 amide bonds. The largest absolute Gasteiger partial charge is 0.449 e. The number of rotatable bonds is 5. The van der Waals surface area contributed by atoms with E-state index in [9.17, 15) is 9.59 Å². The van der Waals surface area contributed by atoms with Crippen molar-refractivity contribution in [3.63, 3.8) is 0 Å². The highest BCUT2D eigenvalue weighted by atomic mass is 35.5. The van der Waals surface area contributed by atoms with E-state index in [1.807, 2.05) is 38.1 Å². The Labute approximate surface area is 152 Å². The molecular weight excluding hydrogens is 348 g/mol. The van der Waals surface area contributed by atoms with Crippen LogP contribution in [0.3, 0.4) is 0 Å². The number of ether oxygens (including phenoxy) is 1. The van der Waals surface area contributed by atoms with Crippen molar-refractivity contribution < 1.29 is 14.3 Å². The van der Waals surface area contributed by atoms with Crippen molar-refractivity contribution in [2.75, 3.05) is 38.5 Å². The van der Waals surface area contributed by atoms with Gasteiger partial charge in [0.05, 0.1) is 12.4 Å². The van der Waals surface area contributed by atoms with Gasteiger partial charge in [-0.2, -0.15) is 0 Å². The van der Waals surface area contributed by atoms with Gasteiger partial charge in [-0.05, 0) is 30.2 Å². The third kappa shape index (κ3) is 5.91. The first-order valence-corrected chi connectivity index (χ1v) is 9.40. The summed E-state index contributed by atoms with van der Waals surface area (Å²) in [6.07, 6.45) is -0.286. The van der Waals surface area contributed by atoms with Crippen LogP contribution in [0.25, 0.3) is 0 Å². The average molecular weight is 371 g/mol. The van der Waals surface area contributed by atoms with Crippen molar-refractivity contribution in [1.82, 2.24) is 9.80 Å². The highest BCUT2D eigenvalue weighted by molar-refractivity contribution is 8.00. The Morgan fingerprint density at radius 3 is 2.29 bits per heavy atom. The Kier molecular flexibility index (Phi) is 7.24. The van der Waals surface area contributed by atoms with E-state index in [-0.39, 0.29) is 12.0 Å². The van der Waals surface area contributed by atoms with Crippen LogP contribution in [0, 0.1) is 5.92 Å². The minimum absolute atomic E-state index is 0.0881. The first kappa shape index (κ1) is 18.9. The molecule has 0 unspecified atom stereocenters. The molecule has 0 aliphatic carbocycles. The summed E-state index contributed by atoms with van der Waals surface area (Å²) in [4.78, 5) is 28.7. The molecule has 24 heavy (non-hydrogen) atoms.